The van der Waals surface area contributed by atoms with Gasteiger partial charge in [-0.05, 0) is 43.4 Å². The average Bonchev–Trinajstić information content (AvgIpc) is 3.05. The number of nitrogens with zero attached hydrogens (tertiary/aromatic N) is 1. The smallest absolute Gasteiger partial charge is 0.107 e. The number of hydrogen-bond acceptors (Lipinski definition) is 4. The Bertz CT molecular complexity index is 541. The van der Waals surface area contributed by atoms with Gasteiger partial charge in [-0.2, -0.15) is 0 Å². The van der Waals surface area contributed by atoms with Crippen LogP contribution in [0.4, 0.5) is 0 Å². The maximum absolute atomic E-state index is 9.00. The molecule has 0 bridgehead atoms. The van der Waals surface area contributed by atoms with Gasteiger partial charge in [-0.25, -0.2) is 4.98 Å². The predicted molar refractivity (Wildman–Crippen MR) is 81.9 cm³/mol. The fourth-order valence-electron chi connectivity index (χ4n) is 2.56. The lowest BCUT2D eigenvalue weighted by Crippen LogP contribution is -2.16. The summed E-state index contributed by atoms with van der Waals surface area (Å²) in [4.78, 5) is 6.19. The largest absolute Gasteiger partial charge is 0.392 e. The highest BCUT2D eigenvalue weighted by Gasteiger charge is 2.15. The van der Waals surface area contributed by atoms with E-state index >= 15 is 0 Å². The molecule has 0 unspecified atom stereocenters. The number of hydrogen-bond donors (Lipinski definition) is 2. The van der Waals surface area contributed by atoms with Gasteiger partial charge in [-0.15, -0.1) is 11.3 Å². The third-order valence-electron chi connectivity index (χ3n) is 3.71. The molecule has 106 valence electrons. The first kappa shape index (κ1) is 13.7. The lowest BCUT2D eigenvalue weighted by Gasteiger charge is -2.04. The van der Waals surface area contributed by atoms with Crippen LogP contribution in [0.5, 0.6) is 0 Å². The van der Waals surface area contributed by atoms with E-state index in [4.69, 9.17) is 5.11 Å². The molecule has 1 aromatic carbocycles. The molecule has 0 radical (unpaired) electrons. The second-order valence-corrected chi connectivity index (χ2v) is 6.40. The van der Waals surface area contributed by atoms with Gasteiger partial charge in [0, 0.05) is 11.4 Å². The van der Waals surface area contributed by atoms with E-state index in [1.807, 2.05) is 23.5 Å². The molecule has 0 aliphatic heterocycles. The van der Waals surface area contributed by atoms with Crippen LogP contribution in [-0.2, 0) is 32.4 Å². The van der Waals surface area contributed by atoms with Gasteiger partial charge in [-0.3, -0.25) is 0 Å². The van der Waals surface area contributed by atoms with Crippen molar-refractivity contribution >= 4 is 11.3 Å². The fourth-order valence-corrected chi connectivity index (χ4v) is 3.69. The van der Waals surface area contributed by atoms with Crippen molar-refractivity contribution in [2.24, 2.45) is 0 Å². The lowest BCUT2D eigenvalue weighted by atomic mass is 10.1. The summed E-state index contributed by atoms with van der Waals surface area (Å²) in [6.07, 6.45) is 4.69. The molecule has 0 atom stereocenters. The lowest BCUT2D eigenvalue weighted by molar-refractivity contribution is 0.282. The van der Waals surface area contributed by atoms with Crippen LogP contribution in [0.1, 0.15) is 33.1 Å². The maximum atomic E-state index is 9.00. The van der Waals surface area contributed by atoms with E-state index in [9.17, 15) is 0 Å². The summed E-state index contributed by atoms with van der Waals surface area (Å²) in [5.41, 5.74) is 3.61. The molecule has 0 amide bonds. The quantitative estimate of drug-likeness (QED) is 0.803. The van der Waals surface area contributed by atoms with E-state index in [-0.39, 0.29) is 6.61 Å². The van der Waals surface area contributed by atoms with Gasteiger partial charge in [0.1, 0.15) is 5.01 Å². The van der Waals surface area contributed by atoms with Gasteiger partial charge in [0.15, 0.2) is 0 Å². The summed E-state index contributed by atoms with van der Waals surface area (Å²) in [5.74, 6) is 0. The molecule has 4 heteroatoms. The first-order valence-corrected chi connectivity index (χ1v) is 8.03. The molecule has 0 saturated heterocycles. The number of fused-ring (bicyclic) bond motifs is 1. The highest BCUT2D eigenvalue weighted by molar-refractivity contribution is 7.11. The minimum Gasteiger partial charge on any atom is -0.392 e. The number of aliphatic hydroxyl groups excluding tert-OH is 1. The molecule has 2 N–H and O–H groups in total. The molecule has 0 saturated carbocycles. The van der Waals surface area contributed by atoms with Crippen molar-refractivity contribution in [1.82, 2.24) is 10.3 Å². The van der Waals surface area contributed by atoms with Gasteiger partial charge in [0.25, 0.3) is 0 Å². The molecule has 3 nitrogen and oxygen atoms in total. The number of aliphatic hydroxyl groups is 1. The van der Waals surface area contributed by atoms with Crippen molar-refractivity contribution in [1.29, 1.82) is 0 Å². The van der Waals surface area contributed by atoms with Crippen LogP contribution in [0.25, 0.3) is 0 Å². The van der Waals surface area contributed by atoms with Gasteiger partial charge < -0.3 is 10.4 Å². The molecule has 0 fully saturated rings. The van der Waals surface area contributed by atoms with Crippen LogP contribution in [0.2, 0.25) is 0 Å². The highest BCUT2D eigenvalue weighted by Crippen LogP contribution is 2.27. The third kappa shape index (κ3) is 3.26. The normalized spacial score (nSPS) is 13.7. The summed E-state index contributed by atoms with van der Waals surface area (Å²) >= 11 is 1.87. The van der Waals surface area contributed by atoms with E-state index in [0.717, 1.165) is 25.1 Å². The topological polar surface area (TPSA) is 45.1 Å². The third-order valence-corrected chi connectivity index (χ3v) is 4.87. The molecular weight excluding hydrogens is 268 g/mol. The zero-order valence-corrected chi connectivity index (χ0v) is 12.4. The van der Waals surface area contributed by atoms with Crippen molar-refractivity contribution in [3.05, 3.63) is 51.0 Å². The monoisotopic (exact) mass is 288 g/mol. The van der Waals surface area contributed by atoms with Gasteiger partial charge >= 0.3 is 0 Å². The first-order chi connectivity index (χ1) is 9.85. The van der Waals surface area contributed by atoms with E-state index in [1.54, 1.807) is 0 Å². The summed E-state index contributed by atoms with van der Waals surface area (Å²) in [7, 11) is 0. The zero-order valence-electron chi connectivity index (χ0n) is 11.6. The van der Waals surface area contributed by atoms with Crippen molar-refractivity contribution in [3.63, 3.8) is 0 Å². The molecule has 0 spiro atoms. The Morgan fingerprint density at radius 1 is 1.15 bits per heavy atom. The standard InChI is InChI=1S/C16H20N2OS/c19-11-13-6-4-12(5-7-13)8-9-17-10-16-18-14-2-1-3-15(14)20-16/h4-7,17,19H,1-3,8-11H2. The van der Waals surface area contributed by atoms with E-state index in [1.165, 1.54) is 40.4 Å². The Morgan fingerprint density at radius 3 is 2.70 bits per heavy atom. The van der Waals surface area contributed by atoms with Gasteiger partial charge in [-0.1, -0.05) is 24.3 Å². The Balaban J connectivity index is 1.43. The Kier molecular flexibility index (Phi) is 4.45. The van der Waals surface area contributed by atoms with E-state index in [2.05, 4.69) is 22.4 Å². The molecule has 20 heavy (non-hydrogen) atoms. The Hall–Kier alpha value is -1.23. The fraction of sp³-hybridized carbons (Fsp3) is 0.438. The van der Waals surface area contributed by atoms with Crippen LogP contribution in [0.3, 0.4) is 0 Å². The minimum atomic E-state index is 0.118. The molecule has 1 heterocycles. The SMILES string of the molecule is OCc1ccc(CCNCc2nc3c(s2)CCC3)cc1. The number of thiazole rings is 1. The maximum Gasteiger partial charge on any atom is 0.107 e. The van der Waals surface area contributed by atoms with Crippen molar-refractivity contribution in [2.45, 2.75) is 38.8 Å². The summed E-state index contributed by atoms with van der Waals surface area (Å²) in [6, 6.07) is 8.15. The number of rotatable bonds is 6. The number of benzene rings is 1. The van der Waals surface area contributed by atoms with Crippen LogP contribution >= 0.6 is 11.3 Å². The molecular formula is C16H20N2OS. The molecule has 3 rings (SSSR count). The van der Waals surface area contributed by atoms with Crippen LogP contribution in [-0.4, -0.2) is 16.6 Å². The first-order valence-electron chi connectivity index (χ1n) is 7.22. The summed E-state index contributed by atoms with van der Waals surface area (Å²) in [5, 5.41) is 13.7. The number of nitrogens with one attached hydrogen (secondary N) is 1. The Labute approximate surface area is 123 Å². The average molecular weight is 288 g/mol. The van der Waals surface area contributed by atoms with Crippen LogP contribution < -0.4 is 5.32 Å². The number of aromatic nitrogens is 1. The van der Waals surface area contributed by atoms with Crippen molar-refractivity contribution in [3.8, 4) is 0 Å². The minimum absolute atomic E-state index is 0.118. The Morgan fingerprint density at radius 2 is 1.95 bits per heavy atom. The van der Waals surface area contributed by atoms with Crippen LogP contribution in [0, 0.1) is 0 Å². The molecule has 1 aliphatic rings. The second kappa shape index (κ2) is 6.48. The molecule has 1 aliphatic carbocycles. The highest BCUT2D eigenvalue weighted by atomic mass is 32.1. The summed E-state index contributed by atoms with van der Waals surface area (Å²) < 4.78 is 0. The predicted octanol–water partition coefficient (Wildman–Crippen LogP) is 2.46. The zero-order chi connectivity index (χ0) is 13.8. The second-order valence-electron chi connectivity index (χ2n) is 5.23. The number of aryl methyl sites for hydroxylation is 2. The van der Waals surface area contributed by atoms with E-state index < -0.39 is 0 Å². The van der Waals surface area contributed by atoms with Gasteiger partial charge in [0.2, 0.25) is 0 Å². The van der Waals surface area contributed by atoms with Gasteiger partial charge in [0.05, 0.1) is 12.3 Å². The molecule has 2 aromatic rings. The summed E-state index contributed by atoms with van der Waals surface area (Å²) in [6.45, 7) is 1.96. The van der Waals surface area contributed by atoms with E-state index in [0.29, 0.717) is 0 Å². The van der Waals surface area contributed by atoms with Crippen molar-refractivity contribution < 1.29 is 5.11 Å². The van der Waals surface area contributed by atoms with Crippen LogP contribution in [0.15, 0.2) is 24.3 Å². The molecule has 1 aromatic heterocycles. The van der Waals surface area contributed by atoms with Crippen molar-refractivity contribution in [2.75, 3.05) is 6.54 Å².